The van der Waals surface area contributed by atoms with Gasteiger partial charge in [0, 0.05) is 20.6 Å². The molecule has 4 aromatic rings. The summed E-state index contributed by atoms with van der Waals surface area (Å²) in [6.07, 6.45) is 0. The van der Waals surface area contributed by atoms with Crippen molar-refractivity contribution in [1.82, 2.24) is 0 Å². The number of nitrogens with zero attached hydrogens (tertiary/aromatic N) is 1. The molecule has 0 fully saturated rings. The molecule has 0 radical (unpaired) electrons. The third kappa shape index (κ3) is 3.76. The van der Waals surface area contributed by atoms with Crippen molar-refractivity contribution < 1.29 is 24.2 Å². The van der Waals surface area contributed by atoms with Gasteiger partial charge in [0.15, 0.2) is 11.5 Å². The molecule has 2 N–H and O–H groups in total. The van der Waals surface area contributed by atoms with Gasteiger partial charge in [-0.2, -0.15) is 0 Å². The molecule has 1 aliphatic rings. The summed E-state index contributed by atoms with van der Waals surface area (Å²) in [5.41, 5.74) is 1.14. The molecule has 0 saturated heterocycles. The second-order valence-electron chi connectivity index (χ2n) is 7.65. The summed E-state index contributed by atoms with van der Waals surface area (Å²) in [6, 6.07) is 16.5. The molecule has 0 aliphatic carbocycles. The van der Waals surface area contributed by atoms with Crippen LogP contribution in [-0.2, 0) is 4.79 Å². The molecule has 1 aliphatic heterocycles. The molecule has 1 amide bonds. The lowest BCUT2D eigenvalue weighted by Crippen LogP contribution is -2.31. The van der Waals surface area contributed by atoms with Gasteiger partial charge in [0.2, 0.25) is 5.78 Å². The Morgan fingerprint density at radius 2 is 1.71 bits per heavy atom. The van der Waals surface area contributed by atoms with Crippen LogP contribution in [-0.4, -0.2) is 21.9 Å². The van der Waals surface area contributed by atoms with Crippen molar-refractivity contribution in [2.45, 2.75) is 6.04 Å². The number of aliphatic hydroxyl groups is 1. The van der Waals surface area contributed by atoms with E-state index >= 15 is 0 Å². The Morgan fingerprint density at radius 3 is 2.41 bits per heavy atom. The van der Waals surface area contributed by atoms with Gasteiger partial charge in [0.05, 0.1) is 16.6 Å². The van der Waals surface area contributed by atoms with Crippen molar-refractivity contribution in [3.8, 4) is 5.75 Å². The van der Waals surface area contributed by atoms with E-state index in [1.54, 1.807) is 48.5 Å². The molecule has 3 aromatic carbocycles. The predicted octanol–water partition coefficient (Wildman–Crippen LogP) is 6.99. The van der Waals surface area contributed by atoms with Crippen LogP contribution in [0.1, 0.15) is 22.2 Å². The lowest BCUT2D eigenvalue weighted by molar-refractivity contribution is -0.117. The van der Waals surface area contributed by atoms with Crippen LogP contribution in [0.5, 0.6) is 5.75 Å². The summed E-state index contributed by atoms with van der Waals surface area (Å²) < 4.78 is 6.54. The summed E-state index contributed by atoms with van der Waals surface area (Å²) in [4.78, 5) is 28.1. The highest BCUT2D eigenvalue weighted by molar-refractivity contribution is 9.10. The van der Waals surface area contributed by atoms with Gasteiger partial charge in [0.25, 0.3) is 5.91 Å². The van der Waals surface area contributed by atoms with Crippen molar-refractivity contribution in [1.29, 1.82) is 0 Å². The van der Waals surface area contributed by atoms with Crippen LogP contribution in [0.25, 0.3) is 11.0 Å². The number of carbonyl (C=O) groups excluding carboxylic acids is 2. The number of carbonyl (C=O) groups is 2. The maximum atomic E-state index is 13.6. The van der Waals surface area contributed by atoms with Crippen LogP contribution >= 0.6 is 39.1 Å². The minimum Gasteiger partial charge on any atom is -0.506 e. The van der Waals surface area contributed by atoms with Gasteiger partial charge in [-0.15, -0.1) is 0 Å². The van der Waals surface area contributed by atoms with Gasteiger partial charge in [-0.3, -0.25) is 14.5 Å². The van der Waals surface area contributed by atoms with E-state index < -0.39 is 23.5 Å². The number of rotatable bonds is 4. The molecule has 1 atom stereocenters. The summed E-state index contributed by atoms with van der Waals surface area (Å²) in [5, 5.41) is 21.9. The number of aliphatic hydroxyl groups excluding tert-OH is 1. The fourth-order valence-corrected chi connectivity index (χ4v) is 4.67. The molecule has 2 heterocycles. The topological polar surface area (TPSA) is 91.0 Å². The van der Waals surface area contributed by atoms with Crippen molar-refractivity contribution in [2.24, 2.45) is 0 Å². The van der Waals surface area contributed by atoms with Gasteiger partial charge in [-0.05, 0) is 66.2 Å². The molecule has 0 bridgehead atoms. The molecular formula is C25H14BrCl2NO5. The molecule has 5 rings (SSSR count). The molecule has 170 valence electrons. The Kier molecular flexibility index (Phi) is 5.64. The average Bonchev–Trinajstić information content (AvgIpc) is 3.34. The largest absolute Gasteiger partial charge is 0.506 e. The Hall–Kier alpha value is -3.26. The first-order valence-corrected chi connectivity index (χ1v) is 11.5. The monoisotopic (exact) mass is 557 g/mol. The van der Waals surface area contributed by atoms with Crippen LogP contribution in [0.3, 0.4) is 0 Å². The standard InChI is InChI=1S/C25H14BrCl2NO5/c26-14-2-8-19-13(9-14)11-20(34-19)23(31)21-22(12-1-7-18(30)17(28)10-12)29(25(33)24(21)32)16-5-3-15(27)4-6-16/h1-11,22,30,32H. The van der Waals surface area contributed by atoms with Crippen molar-refractivity contribution in [3.63, 3.8) is 0 Å². The Morgan fingerprint density at radius 1 is 0.971 bits per heavy atom. The van der Waals surface area contributed by atoms with Crippen LogP contribution < -0.4 is 4.90 Å². The highest BCUT2D eigenvalue weighted by Gasteiger charge is 2.45. The van der Waals surface area contributed by atoms with E-state index in [-0.39, 0.29) is 22.1 Å². The number of hydrogen-bond acceptors (Lipinski definition) is 5. The number of hydrogen-bond donors (Lipinski definition) is 2. The van der Waals surface area contributed by atoms with E-state index in [9.17, 15) is 19.8 Å². The second-order valence-corrected chi connectivity index (χ2v) is 9.41. The first-order chi connectivity index (χ1) is 16.2. The fraction of sp³-hybridized carbons (Fsp3) is 0.0400. The van der Waals surface area contributed by atoms with Crippen molar-refractivity contribution in [2.75, 3.05) is 4.90 Å². The normalized spacial score (nSPS) is 16.0. The Balaban J connectivity index is 1.67. The van der Waals surface area contributed by atoms with Crippen LogP contribution in [0.4, 0.5) is 5.69 Å². The third-order valence-corrected chi connectivity index (χ3v) is 6.60. The zero-order chi connectivity index (χ0) is 24.1. The molecule has 0 saturated carbocycles. The molecule has 34 heavy (non-hydrogen) atoms. The SMILES string of the molecule is O=C(C1=C(O)C(=O)N(c2ccc(Cl)cc2)C1c1ccc(O)c(Cl)c1)c1cc2cc(Br)ccc2o1. The van der Waals surface area contributed by atoms with E-state index in [4.69, 9.17) is 27.6 Å². The highest BCUT2D eigenvalue weighted by Crippen LogP contribution is 2.44. The smallest absolute Gasteiger partial charge is 0.294 e. The Bertz CT molecular complexity index is 1510. The van der Waals surface area contributed by atoms with Gasteiger partial charge in [0.1, 0.15) is 11.3 Å². The lowest BCUT2D eigenvalue weighted by Gasteiger charge is -2.27. The summed E-state index contributed by atoms with van der Waals surface area (Å²) >= 11 is 15.5. The van der Waals surface area contributed by atoms with Crippen molar-refractivity contribution in [3.05, 3.63) is 104 Å². The van der Waals surface area contributed by atoms with Crippen molar-refractivity contribution >= 4 is 67.5 Å². The van der Waals surface area contributed by atoms with Gasteiger partial charge < -0.3 is 14.6 Å². The number of halogens is 3. The molecule has 6 nitrogen and oxygen atoms in total. The number of amides is 1. The Labute approximate surface area is 211 Å². The minimum absolute atomic E-state index is 0.0321. The molecule has 1 unspecified atom stereocenters. The fourth-order valence-electron chi connectivity index (χ4n) is 3.97. The number of Topliss-reactive ketones (excluding diaryl/α,β-unsaturated/α-hetero) is 1. The van der Waals surface area contributed by atoms with E-state index in [1.807, 2.05) is 0 Å². The predicted molar refractivity (Wildman–Crippen MR) is 133 cm³/mol. The van der Waals surface area contributed by atoms with E-state index in [0.717, 1.165) is 4.47 Å². The first kappa shape index (κ1) is 22.5. The van der Waals surface area contributed by atoms with Crippen LogP contribution in [0, 0.1) is 0 Å². The third-order valence-electron chi connectivity index (χ3n) is 5.55. The minimum atomic E-state index is -1.03. The quantitative estimate of drug-likeness (QED) is 0.263. The number of ketones is 1. The van der Waals surface area contributed by atoms with Gasteiger partial charge in [-0.25, -0.2) is 0 Å². The van der Waals surface area contributed by atoms with Gasteiger partial charge >= 0.3 is 0 Å². The van der Waals surface area contributed by atoms with E-state index in [1.165, 1.54) is 23.1 Å². The highest BCUT2D eigenvalue weighted by atomic mass is 79.9. The summed E-state index contributed by atoms with van der Waals surface area (Å²) in [5.74, 6) is -2.30. The number of anilines is 1. The maximum absolute atomic E-state index is 13.6. The number of aromatic hydroxyl groups is 1. The lowest BCUT2D eigenvalue weighted by atomic mass is 9.94. The molecule has 9 heteroatoms. The first-order valence-electron chi connectivity index (χ1n) is 9.99. The van der Waals surface area contributed by atoms with Gasteiger partial charge in [-0.1, -0.05) is 45.2 Å². The summed E-state index contributed by atoms with van der Waals surface area (Å²) in [6.45, 7) is 0. The summed E-state index contributed by atoms with van der Waals surface area (Å²) in [7, 11) is 0. The van der Waals surface area contributed by atoms with Crippen LogP contribution in [0.2, 0.25) is 10.0 Å². The number of benzene rings is 3. The van der Waals surface area contributed by atoms with Crippen LogP contribution in [0.15, 0.2) is 87.0 Å². The number of phenols is 1. The van der Waals surface area contributed by atoms with E-state index in [0.29, 0.717) is 27.2 Å². The molecule has 0 spiro atoms. The second kappa shape index (κ2) is 8.51. The molecular weight excluding hydrogens is 545 g/mol. The zero-order valence-electron chi connectivity index (χ0n) is 17.1. The molecule has 1 aromatic heterocycles. The number of furan rings is 1. The number of phenolic OH excluding ortho intramolecular Hbond substituents is 1. The maximum Gasteiger partial charge on any atom is 0.294 e. The zero-order valence-corrected chi connectivity index (χ0v) is 20.2. The average molecular weight is 559 g/mol. The van der Waals surface area contributed by atoms with E-state index in [2.05, 4.69) is 15.9 Å². The number of fused-ring (bicyclic) bond motifs is 1.